The Hall–Kier alpha value is -4.17. The van der Waals surface area contributed by atoms with Gasteiger partial charge in [0.1, 0.15) is 5.75 Å². The molecule has 0 radical (unpaired) electrons. The molecule has 4 rings (SSSR count). The number of thiophene rings is 1. The monoisotopic (exact) mass is 432 g/mol. The van der Waals surface area contributed by atoms with Crippen LogP contribution in [0.25, 0.3) is 0 Å². The van der Waals surface area contributed by atoms with Crippen molar-refractivity contribution >= 4 is 40.5 Å². The first-order valence-corrected chi connectivity index (χ1v) is 10.1. The summed E-state index contributed by atoms with van der Waals surface area (Å²) in [6.07, 6.45) is 1.41. The molecule has 0 fully saturated rings. The molecule has 8 heteroatoms. The highest BCUT2D eigenvalue weighted by molar-refractivity contribution is 7.12. The number of furan rings is 1. The van der Waals surface area contributed by atoms with E-state index < -0.39 is 5.97 Å². The minimum atomic E-state index is -0.564. The van der Waals surface area contributed by atoms with E-state index in [2.05, 4.69) is 10.6 Å². The molecule has 0 unspecified atom stereocenters. The molecule has 0 bridgehead atoms. The topological polar surface area (TPSA) is 97.6 Å². The Kier molecular flexibility index (Phi) is 5.91. The first-order valence-electron chi connectivity index (χ1n) is 9.20. The third-order valence-corrected chi connectivity index (χ3v) is 5.04. The summed E-state index contributed by atoms with van der Waals surface area (Å²) >= 11 is 1.34. The lowest BCUT2D eigenvalue weighted by atomic mass is 10.2. The van der Waals surface area contributed by atoms with Crippen LogP contribution in [0.15, 0.2) is 88.9 Å². The minimum absolute atomic E-state index is 0.189. The Bertz CT molecular complexity index is 1200. The molecule has 2 aromatic carbocycles. The van der Waals surface area contributed by atoms with Crippen LogP contribution in [0.5, 0.6) is 5.75 Å². The molecule has 0 saturated carbocycles. The van der Waals surface area contributed by atoms with Gasteiger partial charge in [0, 0.05) is 17.4 Å². The van der Waals surface area contributed by atoms with Crippen molar-refractivity contribution in [1.82, 2.24) is 0 Å². The second-order valence-electron chi connectivity index (χ2n) is 6.36. The molecule has 4 aromatic rings. The fourth-order valence-corrected chi connectivity index (χ4v) is 3.31. The first-order chi connectivity index (χ1) is 15.1. The van der Waals surface area contributed by atoms with Crippen LogP contribution in [-0.2, 0) is 0 Å². The van der Waals surface area contributed by atoms with Crippen LogP contribution in [-0.4, -0.2) is 17.8 Å². The number of ether oxygens (including phenoxy) is 1. The van der Waals surface area contributed by atoms with Crippen molar-refractivity contribution in [1.29, 1.82) is 0 Å². The fraction of sp³-hybridized carbons (Fsp3) is 0. The molecule has 7 nitrogen and oxygen atoms in total. The van der Waals surface area contributed by atoms with Gasteiger partial charge in [0.05, 0.1) is 16.7 Å². The maximum absolute atomic E-state index is 12.4. The van der Waals surface area contributed by atoms with Gasteiger partial charge in [0.25, 0.3) is 11.8 Å². The third-order valence-electron chi connectivity index (χ3n) is 4.17. The average molecular weight is 432 g/mol. The van der Waals surface area contributed by atoms with Crippen molar-refractivity contribution in [2.45, 2.75) is 0 Å². The highest BCUT2D eigenvalue weighted by Gasteiger charge is 2.12. The number of carbonyl (C=O) groups is 3. The van der Waals surface area contributed by atoms with Gasteiger partial charge in [-0.3, -0.25) is 9.59 Å². The number of amides is 2. The summed E-state index contributed by atoms with van der Waals surface area (Å²) in [4.78, 5) is 37.2. The number of hydrogen-bond donors (Lipinski definition) is 2. The summed E-state index contributed by atoms with van der Waals surface area (Å²) in [6.45, 7) is 0. The van der Waals surface area contributed by atoms with E-state index in [0.29, 0.717) is 27.6 Å². The minimum Gasteiger partial charge on any atom is -0.459 e. The zero-order chi connectivity index (χ0) is 21.6. The smallest absolute Gasteiger partial charge is 0.343 e. The molecular formula is C23H16N2O5S. The van der Waals surface area contributed by atoms with Crippen molar-refractivity contribution in [3.8, 4) is 5.75 Å². The van der Waals surface area contributed by atoms with Crippen LogP contribution in [0.1, 0.15) is 30.6 Å². The molecule has 2 N–H and O–H groups in total. The van der Waals surface area contributed by atoms with Crippen molar-refractivity contribution in [3.05, 3.63) is 101 Å². The average Bonchev–Trinajstić information content (AvgIpc) is 3.49. The highest BCUT2D eigenvalue weighted by Crippen LogP contribution is 2.21. The zero-order valence-electron chi connectivity index (χ0n) is 16.0. The van der Waals surface area contributed by atoms with Crippen LogP contribution in [0.4, 0.5) is 11.4 Å². The van der Waals surface area contributed by atoms with E-state index in [0.717, 1.165) is 0 Å². The Balaban J connectivity index is 1.38. The number of rotatable bonds is 6. The number of hydrogen-bond acceptors (Lipinski definition) is 6. The van der Waals surface area contributed by atoms with Gasteiger partial charge in [0.15, 0.2) is 5.76 Å². The van der Waals surface area contributed by atoms with Crippen LogP contribution in [0, 0.1) is 0 Å². The maximum Gasteiger partial charge on any atom is 0.343 e. The molecule has 2 heterocycles. The SMILES string of the molecule is O=C(Oc1cccc(NC(=O)c2cccs2)c1)c1ccc(NC(=O)c2ccco2)cc1. The Morgan fingerprint density at radius 3 is 2.32 bits per heavy atom. The van der Waals surface area contributed by atoms with Crippen molar-refractivity contribution in [2.75, 3.05) is 10.6 Å². The number of carbonyl (C=O) groups excluding carboxylic acids is 3. The van der Waals surface area contributed by atoms with Crippen LogP contribution in [0.3, 0.4) is 0 Å². The second-order valence-corrected chi connectivity index (χ2v) is 7.31. The van der Waals surface area contributed by atoms with E-state index in [1.54, 1.807) is 72.8 Å². The predicted octanol–water partition coefficient (Wildman–Crippen LogP) is 5.06. The van der Waals surface area contributed by atoms with Crippen molar-refractivity contribution in [3.63, 3.8) is 0 Å². The molecule has 0 saturated heterocycles. The van der Waals surface area contributed by atoms with Gasteiger partial charge < -0.3 is 19.8 Å². The van der Waals surface area contributed by atoms with E-state index in [1.807, 2.05) is 5.38 Å². The predicted molar refractivity (Wildman–Crippen MR) is 117 cm³/mol. The summed E-state index contributed by atoms with van der Waals surface area (Å²) in [7, 11) is 0. The Morgan fingerprint density at radius 1 is 0.806 bits per heavy atom. The van der Waals surface area contributed by atoms with Gasteiger partial charge in [0.2, 0.25) is 0 Å². The lowest BCUT2D eigenvalue weighted by Gasteiger charge is -2.08. The quantitative estimate of drug-likeness (QED) is 0.328. The second kappa shape index (κ2) is 9.10. The van der Waals surface area contributed by atoms with Gasteiger partial charge in [-0.2, -0.15) is 0 Å². The Morgan fingerprint density at radius 2 is 1.61 bits per heavy atom. The maximum atomic E-state index is 12.4. The van der Waals surface area contributed by atoms with Gasteiger partial charge in [-0.1, -0.05) is 12.1 Å². The largest absolute Gasteiger partial charge is 0.459 e. The lowest BCUT2D eigenvalue weighted by Crippen LogP contribution is -2.12. The van der Waals surface area contributed by atoms with E-state index in [9.17, 15) is 14.4 Å². The van der Waals surface area contributed by atoms with Gasteiger partial charge >= 0.3 is 5.97 Å². The van der Waals surface area contributed by atoms with Crippen LogP contribution < -0.4 is 15.4 Å². The zero-order valence-corrected chi connectivity index (χ0v) is 16.8. The summed E-state index contributed by atoms with van der Waals surface area (Å²) in [5, 5.41) is 7.26. The molecule has 154 valence electrons. The lowest BCUT2D eigenvalue weighted by molar-refractivity contribution is 0.0734. The van der Waals surface area contributed by atoms with E-state index >= 15 is 0 Å². The third kappa shape index (κ3) is 5.06. The van der Waals surface area contributed by atoms with Crippen LogP contribution in [0.2, 0.25) is 0 Å². The van der Waals surface area contributed by atoms with E-state index in [-0.39, 0.29) is 17.6 Å². The Labute approximate surface area is 181 Å². The molecule has 31 heavy (non-hydrogen) atoms. The normalized spacial score (nSPS) is 10.3. The number of nitrogens with one attached hydrogen (secondary N) is 2. The molecule has 0 atom stereocenters. The molecule has 0 aliphatic heterocycles. The summed E-state index contributed by atoms with van der Waals surface area (Å²) in [5.41, 5.74) is 1.33. The standard InChI is InChI=1S/C23H16N2O5S/c26-21(19-6-2-12-29-19)24-16-10-8-15(9-11-16)23(28)30-18-5-1-4-17(14-18)25-22(27)20-7-3-13-31-20/h1-14H,(H,24,26)(H,25,27). The molecule has 0 aliphatic rings. The van der Waals surface area contributed by atoms with Crippen molar-refractivity contribution in [2.24, 2.45) is 0 Å². The summed E-state index contributed by atoms with van der Waals surface area (Å²) in [6, 6.07) is 19.6. The van der Waals surface area contributed by atoms with Gasteiger partial charge in [-0.05, 0) is 60.0 Å². The molecular weight excluding hydrogens is 416 g/mol. The highest BCUT2D eigenvalue weighted by atomic mass is 32.1. The molecule has 2 aromatic heterocycles. The summed E-state index contributed by atoms with van der Waals surface area (Å²) < 4.78 is 10.4. The fourth-order valence-electron chi connectivity index (χ4n) is 2.69. The molecule has 2 amide bonds. The number of anilines is 2. The number of benzene rings is 2. The van der Waals surface area contributed by atoms with Gasteiger partial charge in [-0.25, -0.2) is 4.79 Å². The van der Waals surface area contributed by atoms with E-state index in [4.69, 9.17) is 9.15 Å². The molecule has 0 spiro atoms. The summed E-state index contributed by atoms with van der Waals surface area (Å²) in [5.74, 6) is -0.697. The number of esters is 1. The van der Waals surface area contributed by atoms with Crippen LogP contribution >= 0.6 is 11.3 Å². The molecule has 0 aliphatic carbocycles. The van der Waals surface area contributed by atoms with Crippen molar-refractivity contribution < 1.29 is 23.5 Å². The first kappa shape index (κ1) is 20.1. The van der Waals surface area contributed by atoms with Gasteiger partial charge in [-0.15, -0.1) is 11.3 Å². The van der Waals surface area contributed by atoms with E-state index in [1.165, 1.54) is 17.6 Å².